The van der Waals surface area contributed by atoms with E-state index in [0.29, 0.717) is 6.61 Å². The summed E-state index contributed by atoms with van der Waals surface area (Å²) in [6.45, 7) is 84.3. The predicted molar refractivity (Wildman–Crippen MR) is 442 cm³/mol. The maximum absolute atomic E-state index is 6.38. The maximum Gasteiger partial charge on any atom is 0.200 e. The second-order valence-electron chi connectivity index (χ2n) is 43.8. The molecule has 14 rings (SSSR count). The minimum atomic E-state index is -0.0992. The van der Waals surface area contributed by atoms with Crippen molar-refractivity contribution in [3.63, 3.8) is 0 Å². The summed E-state index contributed by atoms with van der Waals surface area (Å²) in [6, 6.07) is 2.27. The molecule has 0 fully saturated rings. The Kier molecular flexibility index (Phi) is 26.3. The normalized spacial score (nSPS) is 16.7. The molecule has 109 heavy (non-hydrogen) atoms. The van der Waals surface area contributed by atoms with E-state index in [2.05, 4.69) is 295 Å². The van der Waals surface area contributed by atoms with Gasteiger partial charge >= 0.3 is 0 Å². The molecule has 608 valence electrons. The van der Waals surface area contributed by atoms with Gasteiger partial charge in [-0.2, -0.15) is 0 Å². The van der Waals surface area contributed by atoms with Crippen LogP contribution in [0.2, 0.25) is 0 Å². The molecule has 0 N–H and O–H groups in total. The van der Waals surface area contributed by atoms with E-state index < -0.39 is 0 Å². The fourth-order valence-electron chi connectivity index (χ4n) is 13.7. The van der Waals surface area contributed by atoms with Gasteiger partial charge in [0.05, 0.1) is 48.2 Å². The SMILES string of the molecule is CC(C)(C)c1nc2c(o1)CCC2.CC(C)(C)c1nc2c(o1)CCC2.CC(C)(C)c1nc2c(o1)CCCC2.CC(C)(C)c1nc2c(o1)CCN(C(C)(C)C)C2.CC(C)(C)c1nc2c(o1)CCOC2.CC(C)(C)c1nc2c(o1)CN(C(C)(C)C)CC2.CC(C)(C)c1nc2cc(C(C)(C)C)c(C(C)(C)C)c(C(C)(C)C)c2o1. The number of fused-ring (bicyclic) bond motifs is 7. The van der Waals surface area contributed by atoms with E-state index >= 15 is 0 Å². The third-order valence-electron chi connectivity index (χ3n) is 20.4. The number of aryl methyl sites for hydroxylation is 6. The smallest absolute Gasteiger partial charge is 0.200 e. The average Bonchev–Trinajstić information content (AvgIpc) is 1.55. The second-order valence-corrected chi connectivity index (χ2v) is 43.8. The number of ether oxygens (including phenoxy) is 1. The zero-order valence-electron chi connectivity index (χ0n) is 75.3. The van der Waals surface area contributed by atoms with Crippen LogP contribution in [0.1, 0.15) is 402 Å². The first-order chi connectivity index (χ1) is 49.6. The van der Waals surface area contributed by atoms with Gasteiger partial charge in [-0.1, -0.05) is 208 Å². The molecule has 0 unspecified atom stereocenters. The van der Waals surface area contributed by atoms with Gasteiger partial charge in [-0.25, -0.2) is 34.9 Å². The Hall–Kier alpha value is -6.17. The van der Waals surface area contributed by atoms with Crippen LogP contribution >= 0.6 is 0 Å². The third-order valence-corrected chi connectivity index (χ3v) is 20.4. The van der Waals surface area contributed by atoms with E-state index in [-0.39, 0.29) is 65.2 Å². The van der Waals surface area contributed by atoms with Gasteiger partial charge in [0.15, 0.2) is 40.9 Å². The predicted octanol–water partition coefficient (Wildman–Crippen LogP) is 23.1. The van der Waals surface area contributed by atoms with E-state index in [1.807, 2.05) is 0 Å². The molecule has 0 spiro atoms. The highest BCUT2D eigenvalue weighted by molar-refractivity contribution is 5.82. The zero-order chi connectivity index (χ0) is 81.8. The van der Waals surface area contributed by atoms with Crippen molar-refractivity contribution in [1.29, 1.82) is 0 Å². The standard InChI is InChI=1S/C23H37NO.2C14H24N2O.C11H17NO.C10H15NO2.2C10H15NO/c1-20(2,3)14-13-15-18(25-19(24-15)23(10,11)12)17(22(7,8)9)16(14)21(4,5)6;1-13(2,3)12-15-10-9-16(14(4,5)6)8-7-11(10)17-12;1-13(2,3)12-15-10-7-8-16(14(4,5)6)9-11(10)17-12;1-11(2,3)10-12-8-6-4-5-7-9(8)13-10;1-10(2,3)9-11-7-6-12-5-4-8(7)13-9;2*1-10(2,3)9-11-7-5-4-6-8(7)12-9/h13H,1-12H3;2*7-9H2,1-6H3;4-7H2,1-3H3;4-6H2,1-3H3;2*4-6H2,1-3H3. The molecular weight excluding hydrogens is 1360 g/mol. The number of aromatic nitrogens is 7. The van der Waals surface area contributed by atoms with Crippen LogP contribution in [0, 0.1) is 0 Å². The van der Waals surface area contributed by atoms with Gasteiger partial charge in [-0.05, 0) is 120 Å². The maximum atomic E-state index is 6.38. The topological polar surface area (TPSA) is 198 Å². The molecule has 3 aliphatic carbocycles. The van der Waals surface area contributed by atoms with Crippen LogP contribution in [0.25, 0.3) is 11.1 Å². The molecule has 0 bridgehead atoms. The summed E-state index contributed by atoms with van der Waals surface area (Å²) in [4.78, 5) is 37.1. The van der Waals surface area contributed by atoms with Crippen molar-refractivity contribution < 1.29 is 35.7 Å². The molecule has 8 aromatic rings. The van der Waals surface area contributed by atoms with Crippen LogP contribution in [0.4, 0.5) is 0 Å². The Morgan fingerprint density at radius 3 is 0.945 bits per heavy atom. The largest absolute Gasteiger partial charge is 0.445 e. The second kappa shape index (κ2) is 32.4. The number of benzene rings is 1. The first kappa shape index (κ1) is 88.4. The van der Waals surface area contributed by atoms with E-state index in [1.165, 1.54) is 59.5 Å². The summed E-state index contributed by atoms with van der Waals surface area (Å²) in [6.07, 6.45) is 14.4. The van der Waals surface area contributed by atoms with E-state index in [1.54, 1.807) is 0 Å². The van der Waals surface area contributed by atoms with Crippen LogP contribution in [-0.4, -0.2) is 75.5 Å². The fourth-order valence-corrected chi connectivity index (χ4v) is 13.7. The van der Waals surface area contributed by atoms with Crippen molar-refractivity contribution in [2.75, 3.05) is 19.7 Å². The fraction of sp³-hybridized carbons (Fsp3) is 0.728. The van der Waals surface area contributed by atoms with Gasteiger partial charge in [0.1, 0.15) is 45.8 Å². The van der Waals surface area contributed by atoms with Crippen molar-refractivity contribution in [1.82, 2.24) is 44.7 Å². The summed E-state index contributed by atoms with van der Waals surface area (Å²) in [7, 11) is 0. The number of oxazole rings is 7. The molecule has 7 aromatic heterocycles. The zero-order valence-corrected chi connectivity index (χ0v) is 75.3. The number of nitrogens with zero attached hydrogens (tertiary/aromatic N) is 9. The molecule has 0 radical (unpaired) electrons. The molecular formula is C92H147N9O8. The minimum absolute atomic E-state index is 0.00264. The van der Waals surface area contributed by atoms with Crippen LogP contribution in [0.3, 0.4) is 0 Å². The average molecular weight is 1510 g/mol. The highest BCUT2D eigenvalue weighted by Crippen LogP contribution is 2.46. The van der Waals surface area contributed by atoms with Crippen molar-refractivity contribution >= 4 is 11.1 Å². The number of hydrogen-bond donors (Lipinski definition) is 0. The van der Waals surface area contributed by atoms with Gasteiger partial charge in [-0.15, -0.1) is 0 Å². The highest BCUT2D eigenvalue weighted by atomic mass is 16.5. The molecule has 0 amide bonds. The summed E-state index contributed by atoms with van der Waals surface area (Å²) in [5.74, 6) is 12.6. The van der Waals surface area contributed by atoms with Crippen molar-refractivity contribution in [2.45, 2.75) is 418 Å². The summed E-state index contributed by atoms with van der Waals surface area (Å²) in [5, 5.41) is 0. The number of hydrogen-bond acceptors (Lipinski definition) is 17. The molecule has 0 atom stereocenters. The Labute approximate surface area is 658 Å². The molecule has 6 aliphatic rings. The highest BCUT2D eigenvalue weighted by Gasteiger charge is 2.39. The van der Waals surface area contributed by atoms with E-state index in [9.17, 15) is 0 Å². The van der Waals surface area contributed by atoms with Crippen molar-refractivity contribution in [3.05, 3.63) is 133 Å². The molecule has 0 saturated heterocycles. The summed E-state index contributed by atoms with van der Waals surface area (Å²) < 4.78 is 46.3. The van der Waals surface area contributed by atoms with Crippen LogP contribution in [0.5, 0.6) is 0 Å². The Morgan fingerprint density at radius 2 is 0.578 bits per heavy atom. The lowest BCUT2D eigenvalue weighted by Crippen LogP contribution is -2.44. The van der Waals surface area contributed by atoms with E-state index in [0.717, 1.165) is 195 Å². The molecule has 17 nitrogen and oxygen atoms in total. The van der Waals surface area contributed by atoms with Crippen LogP contribution < -0.4 is 0 Å². The quantitative estimate of drug-likeness (QED) is 0.139. The van der Waals surface area contributed by atoms with Crippen molar-refractivity contribution in [3.8, 4) is 0 Å². The van der Waals surface area contributed by atoms with Gasteiger partial charge in [-0.3, -0.25) is 9.80 Å². The van der Waals surface area contributed by atoms with Gasteiger partial charge in [0.2, 0.25) is 5.89 Å². The Balaban J connectivity index is 0.000000162. The first-order valence-electron chi connectivity index (χ1n) is 41.1. The molecule has 0 saturated carbocycles. The first-order valence-corrected chi connectivity index (χ1v) is 41.1. The lowest BCUT2D eigenvalue weighted by atomic mass is 9.68. The Morgan fingerprint density at radius 1 is 0.266 bits per heavy atom. The monoisotopic (exact) mass is 1510 g/mol. The van der Waals surface area contributed by atoms with Gasteiger partial charge < -0.3 is 35.7 Å². The van der Waals surface area contributed by atoms with Crippen molar-refractivity contribution in [2.24, 2.45) is 0 Å². The van der Waals surface area contributed by atoms with E-state index in [4.69, 9.17) is 40.6 Å². The van der Waals surface area contributed by atoms with Gasteiger partial charge in [0.25, 0.3) is 0 Å². The lowest BCUT2D eigenvalue weighted by molar-refractivity contribution is 0.102. The van der Waals surface area contributed by atoms with Crippen LogP contribution in [-0.2, 0) is 136 Å². The molecule has 10 heterocycles. The summed E-state index contributed by atoms with van der Waals surface area (Å²) >= 11 is 0. The molecule has 17 heteroatoms. The number of rotatable bonds is 0. The molecule has 3 aliphatic heterocycles. The molecule has 1 aromatic carbocycles. The van der Waals surface area contributed by atoms with Gasteiger partial charge in [0, 0.05) is 113 Å². The summed E-state index contributed by atoms with van der Waals surface area (Å²) in [5.41, 5.74) is 13.5. The van der Waals surface area contributed by atoms with Crippen LogP contribution in [0.15, 0.2) is 37.0 Å². The lowest BCUT2D eigenvalue weighted by Gasteiger charge is -2.37. The Bertz CT molecular complexity index is 4010. The minimum Gasteiger partial charge on any atom is -0.445 e. The third kappa shape index (κ3) is 23.0.